The number of amides is 1. The summed E-state index contributed by atoms with van der Waals surface area (Å²) in [5, 5.41) is 13.1. The van der Waals surface area contributed by atoms with Gasteiger partial charge in [-0.25, -0.2) is 9.18 Å². The minimum absolute atomic E-state index is 0.0565. The number of fused-ring (bicyclic) bond motifs is 4. The number of benzene rings is 5. The van der Waals surface area contributed by atoms with Crippen molar-refractivity contribution in [3.8, 4) is 0 Å². The van der Waals surface area contributed by atoms with E-state index in [4.69, 9.17) is 0 Å². The highest BCUT2D eigenvalue weighted by atomic mass is 19.1. The number of carboxylic acids is 1. The van der Waals surface area contributed by atoms with Crippen LogP contribution >= 0.6 is 0 Å². The number of carboxylic acid groups (broad SMARTS) is 1. The van der Waals surface area contributed by atoms with Gasteiger partial charge in [0, 0.05) is 41.5 Å². The summed E-state index contributed by atoms with van der Waals surface area (Å²) < 4.78 is 16.7. The number of aliphatic carboxylic acids is 1. The summed E-state index contributed by atoms with van der Waals surface area (Å²) >= 11 is 0. The highest BCUT2D eigenvalue weighted by Crippen LogP contribution is 2.39. The van der Waals surface area contributed by atoms with E-state index in [1.165, 1.54) is 12.1 Å². The monoisotopic (exact) mass is 638 g/mol. The maximum atomic E-state index is 14.8. The molecule has 0 saturated heterocycles. The molecule has 1 aliphatic carbocycles. The number of rotatable bonds is 10. The van der Waals surface area contributed by atoms with Gasteiger partial charge in [0.25, 0.3) is 0 Å². The Morgan fingerprint density at radius 3 is 2.21 bits per heavy atom. The van der Waals surface area contributed by atoms with Crippen LogP contribution < -0.4 is 0 Å². The molecule has 1 unspecified atom stereocenters. The van der Waals surface area contributed by atoms with Crippen molar-refractivity contribution in [2.45, 2.75) is 63.6 Å². The molecule has 48 heavy (non-hydrogen) atoms. The second-order valence-corrected chi connectivity index (χ2v) is 12.9. The minimum atomic E-state index is -0.899. The number of halogens is 1. The first kappa shape index (κ1) is 31.4. The zero-order valence-corrected chi connectivity index (χ0v) is 27.1. The Morgan fingerprint density at radius 2 is 1.52 bits per heavy atom. The standard InChI is InChI=1S/C42H39FN2O3/c1-2-38(42(47)48)45-39-22-20-32(43)24-36(39)37-25-33(21-23-40(37)45)44(27-31-18-11-17-28-16-9-10-19-34(28)31)41(46)26-35(29-12-5-3-6-13-29)30-14-7-4-8-15-30/h3-20,22,24,33,35,38H,2,21,23,25-27H2,1H3,(H,47,48)/t33-,38?/m0/s1. The summed E-state index contributed by atoms with van der Waals surface area (Å²) in [5.41, 5.74) is 5.87. The van der Waals surface area contributed by atoms with Crippen molar-refractivity contribution in [3.63, 3.8) is 0 Å². The fourth-order valence-electron chi connectivity index (χ4n) is 7.76. The van der Waals surface area contributed by atoms with Crippen molar-refractivity contribution >= 4 is 33.6 Å². The van der Waals surface area contributed by atoms with Crippen molar-refractivity contribution in [2.75, 3.05) is 0 Å². The van der Waals surface area contributed by atoms with Gasteiger partial charge in [-0.15, -0.1) is 0 Å². The summed E-state index contributed by atoms with van der Waals surface area (Å²) in [4.78, 5) is 29.2. The van der Waals surface area contributed by atoms with Crippen molar-refractivity contribution in [3.05, 3.63) is 155 Å². The Labute approximate surface area is 280 Å². The maximum absolute atomic E-state index is 14.8. The molecule has 0 aliphatic heterocycles. The van der Waals surface area contributed by atoms with Crippen LogP contribution in [0.25, 0.3) is 21.7 Å². The zero-order valence-electron chi connectivity index (χ0n) is 27.1. The zero-order chi connectivity index (χ0) is 33.2. The van der Waals surface area contributed by atoms with E-state index < -0.39 is 12.0 Å². The predicted molar refractivity (Wildman–Crippen MR) is 189 cm³/mol. The quantitative estimate of drug-likeness (QED) is 0.163. The van der Waals surface area contributed by atoms with Crippen LogP contribution in [0.5, 0.6) is 0 Å². The SMILES string of the molecule is CCC(C(=O)O)n1c2c(c3cc(F)ccc31)C[C@@H](N(Cc1cccc3ccccc13)C(=O)CC(c1ccccc1)c1ccccc1)CC2. The van der Waals surface area contributed by atoms with E-state index in [0.717, 1.165) is 49.6 Å². The molecule has 6 heteroatoms. The van der Waals surface area contributed by atoms with Gasteiger partial charge < -0.3 is 14.6 Å². The predicted octanol–water partition coefficient (Wildman–Crippen LogP) is 9.08. The van der Waals surface area contributed by atoms with Gasteiger partial charge in [0.2, 0.25) is 5.91 Å². The molecule has 2 atom stereocenters. The Bertz CT molecular complexity index is 2040. The lowest BCUT2D eigenvalue weighted by molar-refractivity contribution is -0.141. The molecule has 1 N–H and O–H groups in total. The van der Waals surface area contributed by atoms with Gasteiger partial charge in [-0.3, -0.25) is 4.79 Å². The van der Waals surface area contributed by atoms with E-state index in [1.807, 2.05) is 71.0 Å². The summed E-state index contributed by atoms with van der Waals surface area (Å²) in [6, 6.07) is 38.6. The molecule has 1 heterocycles. The van der Waals surface area contributed by atoms with Crippen molar-refractivity contribution in [2.24, 2.45) is 0 Å². The van der Waals surface area contributed by atoms with Crippen molar-refractivity contribution < 1.29 is 19.1 Å². The van der Waals surface area contributed by atoms with Crippen LogP contribution in [-0.4, -0.2) is 32.5 Å². The van der Waals surface area contributed by atoms with E-state index in [0.29, 0.717) is 38.6 Å². The second kappa shape index (κ2) is 13.5. The van der Waals surface area contributed by atoms with E-state index >= 15 is 0 Å². The van der Waals surface area contributed by atoms with Crippen LogP contribution in [0.4, 0.5) is 4.39 Å². The molecule has 242 valence electrons. The fourth-order valence-corrected chi connectivity index (χ4v) is 7.76. The largest absolute Gasteiger partial charge is 0.480 e. The van der Waals surface area contributed by atoms with Crippen molar-refractivity contribution in [1.82, 2.24) is 9.47 Å². The van der Waals surface area contributed by atoms with Gasteiger partial charge in [-0.2, -0.15) is 0 Å². The average Bonchev–Trinajstić information content (AvgIpc) is 3.42. The fraction of sp³-hybridized carbons (Fsp3) is 0.238. The lowest BCUT2D eigenvalue weighted by Gasteiger charge is -2.36. The molecular formula is C42H39FN2O3. The van der Waals surface area contributed by atoms with E-state index in [9.17, 15) is 19.1 Å². The van der Waals surface area contributed by atoms with Gasteiger partial charge in [-0.05, 0) is 76.9 Å². The van der Waals surface area contributed by atoms with Gasteiger partial charge in [-0.1, -0.05) is 110 Å². The molecule has 0 saturated carbocycles. The van der Waals surface area contributed by atoms with Crippen LogP contribution in [0.3, 0.4) is 0 Å². The van der Waals surface area contributed by atoms with E-state index in [1.54, 1.807) is 6.07 Å². The van der Waals surface area contributed by atoms with Crippen LogP contribution in [0.2, 0.25) is 0 Å². The van der Waals surface area contributed by atoms with Crippen LogP contribution in [0.1, 0.15) is 66.1 Å². The molecule has 1 amide bonds. The number of carbonyl (C=O) groups excluding carboxylic acids is 1. The Balaban J connectivity index is 1.31. The molecule has 1 aromatic heterocycles. The summed E-state index contributed by atoms with van der Waals surface area (Å²) in [6.07, 6.45) is 2.52. The molecule has 0 spiro atoms. The molecule has 5 aromatic carbocycles. The first-order chi connectivity index (χ1) is 23.4. The lowest BCUT2D eigenvalue weighted by Crippen LogP contribution is -2.43. The number of nitrogens with zero attached hydrogens (tertiary/aromatic N) is 2. The van der Waals surface area contributed by atoms with Crippen LogP contribution in [-0.2, 0) is 29.0 Å². The molecule has 0 fully saturated rings. The number of carbonyl (C=O) groups is 2. The third-order valence-corrected chi connectivity index (χ3v) is 10.1. The first-order valence-electron chi connectivity index (χ1n) is 16.8. The lowest BCUT2D eigenvalue weighted by atomic mass is 9.86. The molecular weight excluding hydrogens is 599 g/mol. The highest BCUT2D eigenvalue weighted by molar-refractivity contribution is 5.89. The van der Waals surface area contributed by atoms with E-state index in [-0.39, 0.29) is 23.7 Å². The summed E-state index contributed by atoms with van der Waals surface area (Å²) in [7, 11) is 0. The van der Waals surface area contributed by atoms with Gasteiger partial charge in [0.15, 0.2) is 0 Å². The molecule has 1 aliphatic rings. The molecule has 7 rings (SSSR count). The Morgan fingerprint density at radius 1 is 0.854 bits per heavy atom. The summed E-state index contributed by atoms with van der Waals surface area (Å²) in [6.45, 7) is 2.31. The number of aromatic nitrogens is 1. The average molecular weight is 639 g/mol. The maximum Gasteiger partial charge on any atom is 0.326 e. The third kappa shape index (κ3) is 5.99. The van der Waals surface area contributed by atoms with Crippen LogP contribution in [0, 0.1) is 5.82 Å². The van der Waals surface area contributed by atoms with Gasteiger partial charge in [0.1, 0.15) is 11.9 Å². The smallest absolute Gasteiger partial charge is 0.326 e. The number of hydrogen-bond acceptors (Lipinski definition) is 2. The van der Waals surface area contributed by atoms with Crippen molar-refractivity contribution in [1.29, 1.82) is 0 Å². The van der Waals surface area contributed by atoms with E-state index in [2.05, 4.69) is 48.5 Å². The second-order valence-electron chi connectivity index (χ2n) is 12.9. The Hall–Kier alpha value is -5.23. The third-order valence-electron chi connectivity index (χ3n) is 10.1. The molecule has 5 nitrogen and oxygen atoms in total. The topological polar surface area (TPSA) is 62.5 Å². The Kier molecular flexibility index (Phi) is 8.81. The molecule has 6 aromatic rings. The molecule has 0 bridgehead atoms. The van der Waals surface area contributed by atoms with Gasteiger partial charge >= 0.3 is 5.97 Å². The summed E-state index contributed by atoms with van der Waals surface area (Å²) in [5.74, 6) is -1.32. The normalized spacial score (nSPS) is 15.0. The van der Waals surface area contributed by atoms with Crippen LogP contribution in [0.15, 0.2) is 121 Å². The minimum Gasteiger partial charge on any atom is -0.480 e. The van der Waals surface area contributed by atoms with Gasteiger partial charge in [0.05, 0.1) is 0 Å². The molecule has 0 radical (unpaired) electrons. The first-order valence-corrected chi connectivity index (χ1v) is 16.8. The number of hydrogen-bond donors (Lipinski definition) is 1. The highest BCUT2D eigenvalue weighted by Gasteiger charge is 2.35.